The standard InChI is InChI=1S/C20H23Cl2NO2S/c1-5-6-19(24)23-13-9-16(21)20(17(22)10-13)26-14-7-8-18(25-4)15(11-14)12(2)3/h7-12H,5-6H2,1-4H3,(H,23,24). The molecular formula is C20H23Cl2NO2S. The van der Waals surface area contributed by atoms with Crippen LogP contribution in [-0.4, -0.2) is 13.0 Å². The number of amides is 1. The molecule has 2 aromatic rings. The number of halogens is 2. The Bertz CT molecular complexity index is 770. The predicted molar refractivity (Wildman–Crippen MR) is 111 cm³/mol. The first-order valence-electron chi connectivity index (χ1n) is 8.50. The summed E-state index contributed by atoms with van der Waals surface area (Å²) in [4.78, 5) is 13.6. The van der Waals surface area contributed by atoms with Gasteiger partial charge in [0.05, 0.1) is 17.2 Å². The highest BCUT2D eigenvalue weighted by atomic mass is 35.5. The molecule has 0 spiro atoms. The first-order valence-corrected chi connectivity index (χ1v) is 10.1. The van der Waals surface area contributed by atoms with Crippen molar-refractivity contribution in [3.63, 3.8) is 0 Å². The van der Waals surface area contributed by atoms with Crippen molar-refractivity contribution in [3.8, 4) is 5.75 Å². The van der Waals surface area contributed by atoms with Gasteiger partial charge in [-0.15, -0.1) is 0 Å². The number of ether oxygens (including phenoxy) is 1. The van der Waals surface area contributed by atoms with Crippen LogP contribution in [0.3, 0.4) is 0 Å². The lowest BCUT2D eigenvalue weighted by Gasteiger charge is -2.15. The van der Waals surface area contributed by atoms with Crippen LogP contribution in [0.2, 0.25) is 10.0 Å². The minimum atomic E-state index is -0.0447. The molecule has 0 unspecified atom stereocenters. The number of anilines is 1. The summed E-state index contributed by atoms with van der Waals surface area (Å²) in [6, 6.07) is 9.50. The van der Waals surface area contributed by atoms with Gasteiger partial charge in [0.15, 0.2) is 0 Å². The first-order chi connectivity index (χ1) is 12.3. The van der Waals surface area contributed by atoms with Crippen LogP contribution in [0.5, 0.6) is 5.75 Å². The van der Waals surface area contributed by atoms with E-state index in [1.165, 1.54) is 11.8 Å². The number of methoxy groups -OCH3 is 1. The van der Waals surface area contributed by atoms with Crippen LogP contribution < -0.4 is 10.1 Å². The molecule has 0 aromatic heterocycles. The largest absolute Gasteiger partial charge is 0.496 e. The molecule has 0 saturated heterocycles. The second kappa shape index (κ2) is 9.54. The van der Waals surface area contributed by atoms with E-state index in [0.29, 0.717) is 28.1 Å². The van der Waals surface area contributed by atoms with Gasteiger partial charge >= 0.3 is 0 Å². The third-order valence-electron chi connectivity index (χ3n) is 3.80. The molecule has 0 bridgehead atoms. The molecule has 3 nitrogen and oxygen atoms in total. The molecule has 0 aliphatic heterocycles. The lowest BCUT2D eigenvalue weighted by Crippen LogP contribution is -2.10. The topological polar surface area (TPSA) is 38.3 Å². The highest BCUT2D eigenvalue weighted by molar-refractivity contribution is 7.99. The molecular weight excluding hydrogens is 389 g/mol. The molecule has 26 heavy (non-hydrogen) atoms. The molecule has 0 atom stereocenters. The molecule has 0 heterocycles. The molecule has 0 saturated carbocycles. The average molecular weight is 412 g/mol. The fourth-order valence-electron chi connectivity index (χ4n) is 2.53. The van der Waals surface area contributed by atoms with Gasteiger partial charge in [0.1, 0.15) is 5.75 Å². The molecule has 0 aliphatic carbocycles. The number of benzene rings is 2. The second-order valence-electron chi connectivity index (χ2n) is 6.23. The summed E-state index contributed by atoms with van der Waals surface area (Å²) < 4.78 is 5.43. The van der Waals surface area contributed by atoms with Gasteiger partial charge in [0, 0.05) is 21.9 Å². The number of nitrogens with one attached hydrogen (secondary N) is 1. The zero-order valence-corrected chi connectivity index (χ0v) is 17.7. The summed E-state index contributed by atoms with van der Waals surface area (Å²) >= 11 is 14.3. The maximum absolute atomic E-state index is 11.8. The predicted octanol–water partition coefficient (Wildman–Crippen LogP) is 7.02. The summed E-state index contributed by atoms with van der Waals surface area (Å²) in [6.07, 6.45) is 1.26. The zero-order valence-electron chi connectivity index (χ0n) is 15.4. The van der Waals surface area contributed by atoms with Crippen LogP contribution in [0.4, 0.5) is 5.69 Å². The Kier molecular flexibility index (Phi) is 7.69. The second-order valence-corrected chi connectivity index (χ2v) is 8.13. The van der Waals surface area contributed by atoms with Gasteiger partial charge in [0.25, 0.3) is 0 Å². The first kappa shape index (κ1) is 20.9. The van der Waals surface area contributed by atoms with Crippen LogP contribution >= 0.6 is 35.0 Å². The van der Waals surface area contributed by atoms with Crippen LogP contribution in [0.1, 0.15) is 45.1 Å². The molecule has 1 N–H and O–H groups in total. The van der Waals surface area contributed by atoms with E-state index in [1.54, 1.807) is 19.2 Å². The van der Waals surface area contributed by atoms with E-state index in [1.807, 2.05) is 19.1 Å². The average Bonchev–Trinajstić information content (AvgIpc) is 2.58. The Labute approximate surface area is 169 Å². The van der Waals surface area contributed by atoms with Gasteiger partial charge in [-0.3, -0.25) is 4.79 Å². The minimum absolute atomic E-state index is 0.0447. The summed E-state index contributed by atoms with van der Waals surface area (Å²) in [5.74, 6) is 1.17. The van der Waals surface area contributed by atoms with Gasteiger partial charge in [-0.2, -0.15) is 0 Å². The molecule has 2 aromatic carbocycles. The van der Waals surface area contributed by atoms with E-state index in [0.717, 1.165) is 27.5 Å². The maximum Gasteiger partial charge on any atom is 0.224 e. The van der Waals surface area contributed by atoms with E-state index >= 15 is 0 Å². The van der Waals surface area contributed by atoms with Gasteiger partial charge in [-0.25, -0.2) is 0 Å². The molecule has 1 amide bonds. The van der Waals surface area contributed by atoms with Gasteiger partial charge < -0.3 is 10.1 Å². The van der Waals surface area contributed by atoms with Crippen molar-refractivity contribution in [2.75, 3.05) is 12.4 Å². The fourth-order valence-corrected chi connectivity index (χ4v) is 4.11. The monoisotopic (exact) mass is 411 g/mol. The molecule has 6 heteroatoms. The summed E-state index contributed by atoms with van der Waals surface area (Å²) in [7, 11) is 1.67. The number of carbonyl (C=O) groups excluding carboxylic acids is 1. The van der Waals surface area contributed by atoms with Crippen LogP contribution in [0, 0.1) is 0 Å². The van der Waals surface area contributed by atoms with Crippen LogP contribution in [-0.2, 0) is 4.79 Å². The highest BCUT2D eigenvalue weighted by Gasteiger charge is 2.14. The van der Waals surface area contributed by atoms with Gasteiger partial charge in [-0.05, 0) is 48.2 Å². The normalized spacial score (nSPS) is 10.9. The van der Waals surface area contributed by atoms with Gasteiger partial charge in [0.2, 0.25) is 5.91 Å². The Hall–Kier alpha value is -1.36. The van der Waals surface area contributed by atoms with Crippen molar-refractivity contribution in [1.29, 1.82) is 0 Å². The molecule has 0 aliphatic rings. The van der Waals surface area contributed by atoms with Crippen molar-refractivity contribution < 1.29 is 9.53 Å². The highest BCUT2D eigenvalue weighted by Crippen LogP contribution is 2.42. The number of hydrogen-bond acceptors (Lipinski definition) is 3. The van der Waals surface area contributed by atoms with E-state index in [2.05, 4.69) is 25.2 Å². The number of rotatable bonds is 7. The molecule has 2 rings (SSSR count). The van der Waals surface area contributed by atoms with Crippen molar-refractivity contribution in [1.82, 2.24) is 0 Å². The van der Waals surface area contributed by atoms with Crippen LogP contribution in [0.25, 0.3) is 0 Å². The van der Waals surface area contributed by atoms with Crippen molar-refractivity contribution in [2.45, 2.75) is 49.3 Å². The Balaban J connectivity index is 2.27. The number of hydrogen-bond donors (Lipinski definition) is 1. The summed E-state index contributed by atoms with van der Waals surface area (Å²) in [6.45, 7) is 6.21. The van der Waals surface area contributed by atoms with Gasteiger partial charge in [-0.1, -0.05) is 55.7 Å². The molecule has 140 valence electrons. The van der Waals surface area contributed by atoms with E-state index in [-0.39, 0.29) is 5.91 Å². The van der Waals surface area contributed by atoms with E-state index in [4.69, 9.17) is 27.9 Å². The van der Waals surface area contributed by atoms with Crippen molar-refractivity contribution in [2.24, 2.45) is 0 Å². The zero-order chi connectivity index (χ0) is 19.3. The number of carbonyl (C=O) groups is 1. The van der Waals surface area contributed by atoms with Crippen molar-refractivity contribution >= 4 is 46.6 Å². The summed E-state index contributed by atoms with van der Waals surface area (Å²) in [5.41, 5.74) is 1.74. The Morgan fingerprint density at radius 2 is 1.85 bits per heavy atom. The lowest BCUT2D eigenvalue weighted by atomic mass is 10.0. The quantitative estimate of drug-likeness (QED) is 0.531. The molecule has 0 radical (unpaired) electrons. The SMILES string of the molecule is CCCC(=O)Nc1cc(Cl)c(Sc2ccc(OC)c(C(C)C)c2)c(Cl)c1. The van der Waals surface area contributed by atoms with E-state index < -0.39 is 0 Å². The third-order valence-corrected chi connectivity index (χ3v) is 5.76. The summed E-state index contributed by atoms with van der Waals surface area (Å²) in [5, 5.41) is 3.84. The fraction of sp³-hybridized carbons (Fsp3) is 0.350. The third kappa shape index (κ3) is 5.32. The van der Waals surface area contributed by atoms with Crippen molar-refractivity contribution in [3.05, 3.63) is 45.9 Å². The lowest BCUT2D eigenvalue weighted by molar-refractivity contribution is -0.116. The Morgan fingerprint density at radius 1 is 1.19 bits per heavy atom. The maximum atomic E-state index is 11.8. The van der Waals surface area contributed by atoms with Crippen LogP contribution in [0.15, 0.2) is 40.1 Å². The smallest absolute Gasteiger partial charge is 0.224 e. The van der Waals surface area contributed by atoms with E-state index in [9.17, 15) is 4.79 Å². The molecule has 0 fully saturated rings. The minimum Gasteiger partial charge on any atom is -0.496 e. The Morgan fingerprint density at radius 3 is 2.38 bits per heavy atom.